The van der Waals surface area contributed by atoms with Gasteiger partial charge in [-0.2, -0.15) is 0 Å². The van der Waals surface area contributed by atoms with Gasteiger partial charge in [0.2, 0.25) is 0 Å². The van der Waals surface area contributed by atoms with Gasteiger partial charge in [0.1, 0.15) is 0 Å². The number of hydrogen-bond donors (Lipinski definition) is 1. The van der Waals surface area contributed by atoms with Crippen molar-refractivity contribution in [3.8, 4) is 0 Å². The van der Waals surface area contributed by atoms with Crippen LogP contribution < -0.4 is 5.32 Å². The van der Waals surface area contributed by atoms with Crippen molar-refractivity contribution in [1.29, 1.82) is 0 Å². The molecule has 1 aliphatic rings. The molecule has 6 heteroatoms. The van der Waals surface area contributed by atoms with E-state index in [9.17, 15) is 4.79 Å². The molecule has 2 rings (SSSR count). The lowest BCUT2D eigenvalue weighted by Gasteiger charge is -2.27. The normalized spacial score (nSPS) is 15.8. The third-order valence-corrected chi connectivity index (χ3v) is 3.31. The van der Waals surface area contributed by atoms with E-state index in [4.69, 9.17) is 27.9 Å². The minimum Gasteiger partial charge on any atom is -0.378 e. The van der Waals surface area contributed by atoms with Crippen LogP contribution in [0, 0.1) is 0 Å². The van der Waals surface area contributed by atoms with Crippen molar-refractivity contribution in [3.63, 3.8) is 0 Å². The number of benzene rings is 1. The monoisotopic (exact) mass is 274 g/mol. The van der Waals surface area contributed by atoms with Crippen molar-refractivity contribution in [2.45, 2.75) is 0 Å². The Morgan fingerprint density at radius 2 is 2.00 bits per heavy atom. The quantitative estimate of drug-likeness (QED) is 0.856. The topological polar surface area (TPSA) is 41.6 Å². The molecule has 0 bridgehead atoms. The zero-order valence-electron chi connectivity index (χ0n) is 9.08. The van der Waals surface area contributed by atoms with E-state index in [1.54, 1.807) is 23.1 Å². The number of anilines is 1. The molecule has 1 N–H and O–H groups in total. The predicted octanol–water partition coefficient (Wildman–Crippen LogP) is 2.86. The van der Waals surface area contributed by atoms with Crippen LogP contribution in [0.15, 0.2) is 18.2 Å². The van der Waals surface area contributed by atoms with Crippen LogP contribution in [-0.2, 0) is 4.74 Å². The van der Waals surface area contributed by atoms with Crippen LogP contribution in [0.1, 0.15) is 0 Å². The Balaban J connectivity index is 2.04. The molecule has 0 spiro atoms. The molecule has 2 amide bonds. The Morgan fingerprint density at radius 1 is 1.29 bits per heavy atom. The highest BCUT2D eigenvalue weighted by atomic mass is 35.5. The lowest BCUT2D eigenvalue weighted by molar-refractivity contribution is 0.0564. The lowest BCUT2D eigenvalue weighted by Crippen LogP contribution is -2.43. The molecule has 0 saturated carbocycles. The molecule has 0 radical (unpaired) electrons. The summed E-state index contributed by atoms with van der Waals surface area (Å²) in [5, 5.41) is 3.52. The Bertz CT molecular complexity index is 420. The summed E-state index contributed by atoms with van der Waals surface area (Å²) in [4.78, 5) is 13.6. The minimum absolute atomic E-state index is 0.183. The highest BCUT2D eigenvalue weighted by molar-refractivity contribution is 6.43. The molecular formula is C11H12Cl2N2O2. The molecular weight excluding hydrogens is 263 g/mol. The highest BCUT2D eigenvalue weighted by Crippen LogP contribution is 2.29. The van der Waals surface area contributed by atoms with Crippen LogP contribution >= 0.6 is 23.2 Å². The summed E-state index contributed by atoms with van der Waals surface area (Å²) >= 11 is 11.9. The number of rotatable bonds is 1. The number of ether oxygens (including phenoxy) is 1. The zero-order valence-corrected chi connectivity index (χ0v) is 10.6. The van der Waals surface area contributed by atoms with Crippen LogP contribution in [0.3, 0.4) is 0 Å². The smallest absolute Gasteiger partial charge is 0.322 e. The second-order valence-corrected chi connectivity index (χ2v) is 4.42. The standard InChI is InChI=1S/C11H12Cl2N2O2/c12-8-2-1-3-9(10(8)13)14-11(16)15-4-6-17-7-5-15/h1-3H,4-7H2,(H,14,16). The fourth-order valence-corrected chi connectivity index (χ4v) is 1.91. The van der Waals surface area contributed by atoms with Gasteiger partial charge in [-0.05, 0) is 12.1 Å². The summed E-state index contributed by atoms with van der Waals surface area (Å²) in [6, 6.07) is 4.95. The van der Waals surface area contributed by atoms with E-state index >= 15 is 0 Å². The summed E-state index contributed by atoms with van der Waals surface area (Å²) in [5.74, 6) is 0. The maximum Gasteiger partial charge on any atom is 0.322 e. The molecule has 0 unspecified atom stereocenters. The van der Waals surface area contributed by atoms with Gasteiger partial charge in [-0.1, -0.05) is 29.3 Å². The third kappa shape index (κ3) is 3.03. The van der Waals surface area contributed by atoms with Gasteiger partial charge in [0.25, 0.3) is 0 Å². The van der Waals surface area contributed by atoms with Crippen LogP contribution in [-0.4, -0.2) is 37.2 Å². The van der Waals surface area contributed by atoms with Crippen LogP contribution in [0.5, 0.6) is 0 Å². The van der Waals surface area contributed by atoms with E-state index in [2.05, 4.69) is 5.32 Å². The highest BCUT2D eigenvalue weighted by Gasteiger charge is 2.17. The molecule has 1 heterocycles. The number of carbonyl (C=O) groups is 1. The Labute approximate surface area is 109 Å². The second kappa shape index (κ2) is 5.58. The maximum atomic E-state index is 11.9. The average Bonchev–Trinajstić information content (AvgIpc) is 2.36. The van der Waals surface area contributed by atoms with Crippen molar-refractivity contribution < 1.29 is 9.53 Å². The third-order valence-electron chi connectivity index (χ3n) is 2.49. The van der Waals surface area contributed by atoms with Gasteiger partial charge in [0.05, 0.1) is 28.9 Å². The number of halogens is 2. The molecule has 1 saturated heterocycles. The fourth-order valence-electron chi connectivity index (χ4n) is 1.56. The van der Waals surface area contributed by atoms with E-state index in [1.807, 2.05) is 0 Å². The van der Waals surface area contributed by atoms with E-state index in [1.165, 1.54) is 0 Å². The summed E-state index contributed by atoms with van der Waals surface area (Å²) < 4.78 is 5.17. The Kier molecular flexibility index (Phi) is 4.10. The van der Waals surface area contributed by atoms with Crippen molar-refractivity contribution in [2.24, 2.45) is 0 Å². The van der Waals surface area contributed by atoms with E-state index in [0.717, 1.165) is 0 Å². The zero-order chi connectivity index (χ0) is 12.3. The number of nitrogens with zero attached hydrogens (tertiary/aromatic N) is 1. The number of amides is 2. The summed E-state index contributed by atoms with van der Waals surface area (Å²) in [6.07, 6.45) is 0. The molecule has 92 valence electrons. The number of morpholine rings is 1. The first-order valence-corrected chi connectivity index (χ1v) is 6.02. The summed E-state index contributed by atoms with van der Waals surface area (Å²) in [6.45, 7) is 2.31. The van der Waals surface area contributed by atoms with Gasteiger partial charge in [0, 0.05) is 13.1 Å². The SMILES string of the molecule is O=C(Nc1cccc(Cl)c1Cl)N1CCOCC1. The van der Waals surface area contributed by atoms with Crippen molar-refractivity contribution >= 4 is 34.9 Å². The Morgan fingerprint density at radius 3 is 2.71 bits per heavy atom. The van der Waals surface area contributed by atoms with Gasteiger partial charge >= 0.3 is 6.03 Å². The predicted molar refractivity (Wildman–Crippen MR) is 67.9 cm³/mol. The first-order chi connectivity index (χ1) is 8.18. The van der Waals surface area contributed by atoms with E-state index < -0.39 is 0 Å². The number of urea groups is 1. The molecule has 1 aliphatic heterocycles. The number of carbonyl (C=O) groups excluding carboxylic acids is 1. The Hall–Kier alpha value is -0.970. The molecule has 1 aromatic carbocycles. The van der Waals surface area contributed by atoms with Crippen molar-refractivity contribution in [1.82, 2.24) is 4.90 Å². The van der Waals surface area contributed by atoms with Crippen LogP contribution in [0.4, 0.5) is 10.5 Å². The molecule has 0 aliphatic carbocycles. The molecule has 4 nitrogen and oxygen atoms in total. The lowest BCUT2D eigenvalue weighted by atomic mass is 10.3. The number of nitrogens with one attached hydrogen (secondary N) is 1. The van der Waals surface area contributed by atoms with Crippen LogP contribution in [0.25, 0.3) is 0 Å². The summed E-state index contributed by atoms with van der Waals surface area (Å²) in [5.41, 5.74) is 0.524. The van der Waals surface area contributed by atoms with Gasteiger partial charge in [0.15, 0.2) is 0 Å². The van der Waals surface area contributed by atoms with Crippen molar-refractivity contribution in [2.75, 3.05) is 31.6 Å². The van der Waals surface area contributed by atoms with Gasteiger partial charge in [-0.15, -0.1) is 0 Å². The second-order valence-electron chi connectivity index (χ2n) is 3.63. The minimum atomic E-state index is -0.183. The van der Waals surface area contributed by atoms with Gasteiger partial charge in [-0.3, -0.25) is 0 Å². The molecule has 17 heavy (non-hydrogen) atoms. The molecule has 1 aromatic rings. The first-order valence-electron chi connectivity index (χ1n) is 5.26. The molecule has 1 fully saturated rings. The average molecular weight is 275 g/mol. The van der Waals surface area contributed by atoms with Gasteiger partial charge < -0.3 is 15.0 Å². The largest absolute Gasteiger partial charge is 0.378 e. The van der Waals surface area contributed by atoms with Crippen molar-refractivity contribution in [3.05, 3.63) is 28.2 Å². The van der Waals surface area contributed by atoms with E-state index in [-0.39, 0.29) is 6.03 Å². The fraction of sp³-hybridized carbons (Fsp3) is 0.364. The first kappa shape index (κ1) is 12.5. The summed E-state index contributed by atoms with van der Waals surface area (Å²) in [7, 11) is 0. The maximum absolute atomic E-state index is 11.9. The molecule has 0 aromatic heterocycles. The van der Waals surface area contributed by atoms with E-state index in [0.29, 0.717) is 42.0 Å². The van der Waals surface area contributed by atoms with Crippen LogP contribution in [0.2, 0.25) is 10.0 Å². The van der Waals surface area contributed by atoms with Gasteiger partial charge in [-0.25, -0.2) is 4.79 Å². The molecule has 0 atom stereocenters. The number of hydrogen-bond acceptors (Lipinski definition) is 2.